The third-order valence-electron chi connectivity index (χ3n) is 4.44. The summed E-state index contributed by atoms with van der Waals surface area (Å²) in [5.41, 5.74) is 4.69. The van der Waals surface area contributed by atoms with E-state index < -0.39 is 0 Å². The lowest BCUT2D eigenvalue weighted by atomic mass is 10.1. The third-order valence-corrected chi connectivity index (χ3v) is 5.00. The summed E-state index contributed by atoms with van der Waals surface area (Å²) in [5, 5.41) is 10.7. The molecule has 0 bridgehead atoms. The zero-order chi connectivity index (χ0) is 20.1. The highest BCUT2D eigenvalue weighted by molar-refractivity contribution is 9.10. The van der Waals surface area contributed by atoms with Crippen molar-refractivity contribution < 1.29 is 4.79 Å². The van der Waals surface area contributed by atoms with E-state index in [1.54, 1.807) is 5.01 Å². The number of carbonyl (C=O) groups is 1. The van der Waals surface area contributed by atoms with Crippen molar-refractivity contribution in [3.63, 3.8) is 0 Å². The lowest BCUT2D eigenvalue weighted by Crippen LogP contribution is -2.45. The molecule has 1 saturated heterocycles. The van der Waals surface area contributed by atoms with Gasteiger partial charge in [0, 0.05) is 24.8 Å². The first kappa shape index (κ1) is 20.2. The number of likely N-dealkylation sites (tertiary alicyclic amines) is 1. The van der Waals surface area contributed by atoms with Crippen LogP contribution in [0.3, 0.4) is 0 Å². The van der Waals surface area contributed by atoms with Gasteiger partial charge in [0.25, 0.3) is 5.91 Å². The fourth-order valence-electron chi connectivity index (χ4n) is 2.90. The first-order valence-electron chi connectivity index (χ1n) is 9.28. The summed E-state index contributed by atoms with van der Waals surface area (Å²) < 4.78 is 0.609. The summed E-state index contributed by atoms with van der Waals surface area (Å²) in [6.45, 7) is 7.84. The van der Waals surface area contributed by atoms with Crippen molar-refractivity contribution in [3.8, 4) is 6.07 Å². The Morgan fingerprint density at radius 3 is 2.64 bits per heavy atom. The van der Waals surface area contributed by atoms with E-state index in [0.29, 0.717) is 22.4 Å². The number of benzene rings is 1. The van der Waals surface area contributed by atoms with Crippen molar-refractivity contribution in [2.45, 2.75) is 26.8 Å². The molecule has 3 rings (SSSR count). The molecule has 0 spiro atoms. The summed E-state index contributed by atoms with van der Waals surface area (Å²) in [6.07, 6.45) is 2.78. The lowest BCUT2D eigenvalue weighted by Gasteiger charge is -2.30. The lowest BCUT2D eigenvalue weighted by molar-refractivity contribution is 0.0947. The van der Waals surface area contributed by atoms with Gasteiger partial charge in [-0.2, -0.15) is 10.2 Å². The molecule has 1 amide bonds. The zero-order valence-corrected chi connectivity index (χ0v) is 17.6. The van der Waals surface area contributed by atoms with Crippen LogP contribution in [-0.4, -0.2) is 40.4 Å². The summed E-state index contributed by atoms with van der Waals surface area (Å²) in [4.78, 5) is 23.3. The predicted molar refractivity (Wildman–Crippen MR) is 110 cm³/mol. The molecule has 1 aliphatic rings. The maximum absolute atomic E-state index is 12.8. The molecule has 28 heavy (non-hydrogen) atoms. The summed E-state index contributed by atoms with van der Waals surface area (Å²) in [6, 6.07) is 9.60. The standard InChI is InChI=1S/C20H23BrN6O/c1-14(2)12-27(19-17(21)11-23-18(10-22)24-19)25-20(28)16-6-4-15(5-7-16)13-26-8-3-9-26/h4-7,11,14H,3,8-9,12-13H2,1-2H3,(H,25,28). The number of rotatable bonds is 7. The number of halogens is 1. The first-order valence-corrected chi connectivity index (χ1v) is 10.1. The van der Waals surface area contributed by atoms with Crippen LogP contribution in [-0.2, 0) is 6.54 Å². The quantitative estimate of drug-likeness (QED) is 0.662. The van der Waals surface area contributed by atoms with Gasteiger partial charge in [0.15, 0.2) is 5.82 Å². The molecule has 1 aromatic heterocycles. The Hall–Kier alpha value is -2.50. The van der Waals surface area contributed by atoms with Gasteiger partial charge < -0.3 is 0 Å². The monoisotopic (exact) mass is 442 g/mol. The minimum atomic E-state index is -0.222. The number of nitrogens with one attached hydrogen (secondary N) is 1. The van der Waals surface area contributed by atoms with Crippen LogP contribution in [0.5, 0.6) is 0 Å². The van der Waals surface area contributed by atoms with Gasteiger partial charge in [0.2, 0.25) is 5.82 Å². The van der Waals surface area contributed by atoms with Crippen molar-refractivity contribution in [2.75, 3.05) is 24.6 Å². The second kappa shape index (κ2) is 9.13. The zero-order valence-electron chi connectivity index (χ0n) is 16.0. The van der Waals surface area contributed by atoms with E-state index in [-0.39, 0.29) is 17.6 Å². The number of aromatic nitrogens is 2. The summed E-state index contributed by atoms with van der Waals surface area (Å²) in [5.74, 6) is 0.561. The van der Waals surface area contributed by atoms with Gasteiger partial charge in [-0.05, 0) is 59.1 Å². The highest BCUT2D eigenvalue weighted by atomic mass is 79.9. The highest BCUT2D eigenvalue weighted by Crippen LogP contribution is 2.23. The Kier molecular flexibility index (Phi) is 6.60. The Bertz CT molecular complexity index is 873. The van der Waals surface area contributed by atoms with Gasteiger partial charge >= 0.3 is 0 Å². The number of hydrazine groups is 1. The molecular weight excluding hydrogens is 420 g/mol. The number of amides is 1. The molecule has 7 nitrogen and oxygen atoms in total. The van der Waals surface area contributed by atoms with E-state index in [9.17, 15) is 4.79 Å². The SMILES string of the molecule is CC(C)CN(NC(=O)c1ccc(CN2CCC2)cc1)c1nc(C#N)ncc1Br. The molecule has 1 aromatic carbocycles. The summed E-state index contributed by atoms with van der Waals surface area (Å²) >= 11 is 3.41. The van der Waals surface area contributed by atoms with Crippen LogP contribution < -0.4 is 10.4 Å². The Morgan fingerprint density at radius 2 is 2.07 bits per heavy atom. The minimum absolute atomic E-state index is 0.0524. The third kappa shape index (κ3) is 5.06. The van der Waals surface area contributed by atoms with E-state index in [4.69, 9.17) is 5.26 Å². The fourth-order valence-corrected chi connectivity index (χ4v) is 3.30. The van der Waals surface area contributed by atoms with Gasteiger partial charge in [0.05, 0.1) is 4.47 Å². The number of hydrogen-bond donors (Lipinski definition) is 1. The van der Waals surface area contributed by atoms with Gasteiger partial charge in [-0.15, -0.1) is 0 Å². The average Bonchev–Trinajstić information content (AvgIpc) is 2.64. The van der Waals surface area contributed by atoms with E-state index in [0.717, 1.165) is 19.6 Å². The molecule has 0 unspecified atom stereocenters. The Morgan fingerprint density at radius 1 is 1.36 bits per heavy atom. The molecule has 0 aliphatic carbocycles. The maximum Gasteiger partial charge on any atom is 0.269 e. The van der Waals surface area contributed by atoms with Gasteiger partial charge in [0.1, 0.15) is 6.07 Å². The van der Waals surface area contributed by atoms with Crippen molar-refractivity contribution in [3.05, 3.63) is 51.9 Å². The second-order valence-corrected chi connectivity index (χ2v) is 8.10. The largest absolute Gasteiger partial charge is 0.299 e. The van der Waals surface area contributed by atoms with Crippen molar-refractivity contribution in [2.24, 2.45) is 5.92 Å². The molecule has 146 valence electrons. The second-order valence-electron chi connectivity index (χ2n) is 7.25. The van der Waals surface area contributed by atoms with Crippen molar-refractivity contribution >= 4 is 27.7 Å². The summed E-state index contributed by atoms with van der Waals surface area (Å²) in [7, 11) is 0. The molecule has 2 heterocycles. The molecule has 0 saturated carbocycles. The van der Waals surface area contributed by atoms with Crippen molar-refractivity contribution in [1.29, 1.82) is 5.26 Å². The van der Waals surface area contributed by atoms with Gasteiger partial charge in [-0.3, -0.25) is 20.1 Å². The highest BCUT2D eigenvalue weighted by Gasteiger charge is 2.19. The van der Waals surface area contributed by atoms with Gasteiger partial charge in [-0.25, -0.2) is 4.98 Å². The molecule has 0 radical (unpaired) electrons. The van der Waals surface area contributed by atoms with Crippen LogP contribution in [0.25, 0.3) is 0 Å². The number of anilines is 1. The number of nitriles is 1. The predicted octanol–water partition coefficient (Wildman–Crippen LogP) is 3.12. The normalized spacial score (nSPS) is 13.7. The van der Waals surface area contributed by atoms with Gasteiger partial charge in [-0.1, -0.05) is 26.0 Å². The molecule has 1 aliphatic heterocycles. The van der Waals surface area contributed by atoms with E-state index in [1.807, 2.05) is 44.2 Å². The first-order chi connectivity index (χ1) is 13.5. The minimum Gasteiger partial charge on any atom is -0.299 e. The molecular formula is C20H23BrN6O. The van der Waals surface area contributed by atoms with E-state index in [1.165, 1.54) is 18.2 Å². The van der Waals surface area contributed by atoms with Crippen LogP contribution in [0.15, 0.2) is 34.9 Å². The molecule has 8 heteroatoms. The van der Waals surface area contributed by atoms with Crippen molar-refractivity contribution in [1.82, 2.24) is 20.3 Å². The number of nitrogens with zero attached hydrogens (tertiary/aromatic N) is 5. The maximum atomic E-state index is 12.8. The number of carbonyl (C=O) groups excluding carboxylic acids is 1. The smallest absolute Gasteiger partial charge is 0.269 e. The Labute approximate surface area is 173 Å². The van der Waals surface area contributed by atoms with Crippen LogP contribution >= 0.6 is 15.9 Å². The van der Waals surface area contributed by atoms with Crippen LogP contribution in [0.2, 0.25) is 0 Å². The molecule has 1 N–H and O–H groups in total. The van der Waals surface area contributed by atoms with E-state index >= 15 is 0 Å². The van der Waals surface area contributed by atoms with E-state index in [2.05, 4.69) is 36.2 Å². The topological polar surface area (TPSA) is 85.2 Å². The average molecular weight is 443 g/mol. The number of hydrogen-bond acceptors (Lipinski definition) is 6. The fraction of sp³-hybridized carbons (Fsp3) is 0.400. The molecule has 2 aromatic rings. The molecule has 0 atom stereocenters. The van der Waals surface area contributed by atoms with Crippen LogP contribution in [0.4, 0.5) is 5.82 Å². The molecule has 1 fully saturated rings. The Balaban J connectivity index is 1.75. The van der Waals surface area contributed by atoms with Crippen LogP contribution in [0, 0.1) is 17.2 Å². The van der Waals surface area contributed by atoms with Crippen LogP contribution in [0.1, 0.15) is 42.0 Å².